The third kappa shape index (κ3) is 1.98. The van der Waals surface area contributed by atoms with E-state index in [-0.39, 0.29) is 11.7 Å². The molecule has 0 radical (unpaired) electrons. The van der Waals surface area contributed by atoms with Crippen LogP contribution in [-0.4, -0.2) is 11.7 Å². The maximum absolute atomic E-state index is 11.2. The highest BCUT2D eigenvalue weighted by atomic mass is 127. The molecule has 0 aromatic heterocycles. The van der Waals surface area contributed by atoms with Crippen molar-refractivity contribution < 1.29 is 4.79 Å². The van der Waals surface area contributed by atoms with Crippen LogP contribution in [0.5, 0.6) is 0 Å². The molecule has 0 aliphatic carbocycles. The standard InChI is InChI=1S/C9H8ClIO/c1-6-3-2-4-7(9(6)11)8(12)5-10/h2-4H,5H2,1H3. The van der Waals surface area contributed by atoms with E-state index in [9.17, 15) is 4.79 Å². The Morgan fingerprint density at radius 3 is 2.83 bits per heavy atom. The average molecular weight is 295 g/mol. The Kier molecular flexibility index (Phi) is 3.53. The smallest absolute Gasteiger partial charge is 0.178 e. The quantitative estimate of drug-likeness (QED) is 0.465. The van der Waals surface area contributed by atoms with E-state index in [2.05, 4.69) is 22.6 Å². The second-order valence-corrected chi connectivity index (χ2v) is 3.84. The van der Waals surface area contributed by atoms with Crippen molar-refractivity contribution in [1.29, 1.82) is 0 Å². The Balaban J connectivity index is 3.16. The van der Waals surface area contributed by atoms with Crippen LogP contribution in [0.4, 0.5) is 0 Å². The Hall–Kier alpha value is -0.0900. The minimum Gasteiger partial charge on any atom is -0.293 e. The van der Waals surface area contributed by atoms with Gasteiger partial charge in [0.2, 0.25) is 0 Å². The fraction of sp³-hybridized carbons (Fsp3) is 0.222. The van der Waals surface area contributed by atoms with Crippen LogP contribution in [0.1, 0.15) is 15.9 Å². The first-order chi connectivity index (χ1) is 5.66. The van der Waals surface area contributed by atoms with Crippen LogP contribution in [-0.2, 0) is 0 Å². The van der Waals surface area contributed by atoms with Gasteiger partial charge in [-0.2, -0.15) is 0 Å². The van der Waals surface area contributed by atoms with E-state index in [1.54, 1.807) is 6.07 Å². The van der Waals surface area contributed by atoms with Crippen LogP contribution in [0.15, 0.2) is 18.2 Å². The summed E-state index contributed by atoms with van der Waals surface area (Å²) < 4.78 is 1.00. The second kappa shape index (κ2) is 4.23. The molecule has 0 unspecified atom stereocenters. The summed E-state index contributed by atoms with van der Waals surface area (Å²) in [6, 6.07) is 5.66. The molecule has 0 bridgehead atoms. The highest BCUT2D eigenvalue weighted by Crippen LogP contribution is 2.17. The van der Waals surface area contributed by atoms with E-state index in [1.807, 2.05) is 19.1 Å². The van der Waals surface area contributed by atoms with E-state index >= 15 is 0 Å². The highest BCUT2D eigenvalue weighted by molar-refractivity contribution is 14.1. The van der Waals surface area contributed by atoms with Crippen molar-refractivity contribution in [3.63, 3.8) is 0 Å². The zero-order chi connectivity index (χ0) is 9.14. The average Bonchev–Trinajstić information content (AvgIpc) is 2.08. The normalized spacial score (nSPS) is 9.92. The van der Waals surface area contributed by atoms with Crippen molar-refractivity contribution in [2.24, 2.45) is 0 Å². The molecule has 12 heavy (non-hydrogen) atoms. The van der Waals surface area contributed by atoms with Crippen molar-refractivity contribution in [1.82, 2.24) is 0 Å². The second-order valence-electron chi connectivity index (χ2n) is 2.49. The SMILES string of the molecule is Cc1cccc(C(=O)CCl)c1I. The molecule has 0 amide bonds. The molecule has 1 aromatic rings. The van der Waals surface area contributed by atoms with Crippen molar-refractivity contribution in [3.8, 4) is 0 Å². The van der Waals surface area contributed by atoms with Gasteiger partial charge in [0.25, 0.3) is 0 Å². The minimum absolute atomic E-state index is 0.00948. The lowest BCUT2D eigenvalue weighted by Gasteiger charge is -2.03. The minimum atomic E-state index is -0.00948. The van der Waals surface area contributed by atoms with Crippen LogP contribution in [0.3, 0.4) is 0 Å². The molecular formula is C9H8ClIO. The van der Waals surface area contributed by atoms with Crippen molar-refractivity contribution >= 4 is 40.0 Å². The van der Waals surface area contributed by atoms with Gasteiger partial charge < -0.3 is 0 Å². The predicted octanol–water partition coefficient (Wildman–Crippen LogP) is 3.02. The van der Waals surface area contributed by atoms with Crippen LogP contribution in [0.25, 0.3) is 0 Å². The number of hydrogen-bond acceptors (Lipinski definition) is 1. The summed E-state index contributed by atoms with van der Waals surface area (Å²) >= 11 is 7.62. The summed E-state index contributed by atoms with van der Waals surface area (Å²) in [4.78, 5) is 11.2. The number of Topliss-reactive ketones (excluding diaryl/α,β-unsaturated/α-hetero) is 1. The first kappa shape index (κ1) is 9.99. The van der Waals surface area contributed by atoms with Gasteiger partial charge in [0.05, 0.1) is 5.88 Å². The number of alkyl halides is 1. The number of halogens is 2. The van der Waals surface area contributed by atoms with E-state index in [4.69, 9.17) is 11.6 Å². The molecule has 64 valence electrons. The van der Waals surface area contributed by atoms with Gasteiger partial charge in [0, 0.05) is 9.13 Å². The van der Waals surface area contributed by atoms with Gasteiger partial charge in [-0.15, -0.1) is 11.6 Å². The zero-order valence-electron chi connectivity index (χ0n) is 6.60. The molecule has 1 rings (SSSR count). The lowest BCUT2D eigenvalue weighted by atomic mass is 10.1. The molecule has 0 atom stereocenters. The van der Waals surface area contributed by atoms with Crippen molar-refractivity contribution in [3.05, 3.63) is 32.9 Å². The summed E-state index contributed by atoms with van der Waals surface area (Å²) in [6.07, 6.45) is 0. The number of benzene rings is 1. The maximum Gasteiger partial charge on any atom is 0.178 e. The van der Waals surface area contributed by atoms with Crippen LogP contribution in [0.2, 0.25) is 0 Å². The van der Waals surface area contributed by atoms with E-state index in [1.165, 1.54) is 0 Å². The molecule has 0 saturated carbocycles. The van der Waals surface area contributed by atoms with Gasteiger partial charge in [-0.05, 0) is 35.1 Å². The monoisotopic (exact) mass is 294 g/mol. The van der Waals surface area contributed by atoms with E-state index in [0.717, 1.165) is 14.7 Å². The molecule has 0 aliphatic rings. The number of carbonyl (C=O) groups is 1. The fourth-order valence-electron chi connectivity index (χ4n) is 0.935. The zero-order valence-corrected chi connectivity index (χ0v) is 9.52. The number of carbonyl (C=O) groups excluding carboxylic acids is 1. The number of rotatable bonds is 2. The third-order valence-electron chi connectivity index (χ3n) is 1.61. The summed E-state index contributed by atoms with van der Waals surface area (Å²) in [5, 5.41) is 0. The molecular weight excluding hydrogens is 286 g/mol. The molecule has 0 saturated heterocycles. The topological polar surface area (TPSA) is 17.1 Å². The highest BCUT2D eigenvalue weighted by Gasteiger charge is 2.08. The lowest BCUT2D eigenvalue weighted by Crippen LogP contribution is -2.03. The van der Waals surface area contributed by atoms with Gasteiger partial charge in [-0.3, -0.25) is 4.79 Å². The Morgan fingerprint density at radius 2 is 2.25 bits per heavy atom. The summed E-state index contributed by atoms with van der Waals surface area (Å²) in [7, 11) is 0. The van der Waals surface area contributed by atoms with Gasteiger partial charge >= 0.3 is 0 Å². The summed E-state index contributed by atoms with van der Waals surface area (Å²) in [6.45, 7) is 1.98. The van der Waals surface area contributed by atoms with Crippen LogP contribution in [0, 0.1) is 10.5 Å². The first-order valence-electron chi connectivity index (χ1n) is 3.51. The van der Waals surface area contributed by atoms with Crippen molar-refractivity contribution in [2.45, 2.75) is 6.92 Å². The molecule has 3 heteroatoms. The molecule has 0 aliphatic heterocycles. The Labute approximate surface area is 90.3 Å². The number of hydrogen-bond donors (Lipinski definition) is 0. The summed E-state index contributed by atoms with van der Waals surface area (Å²) in [5.41, 5.74) is 1.84. The first-order valence-corrected chi connectivity index (χ1v) is 5.12. The molecule has 0 spiro atoms. The van der Waals surface area contributed by atoms with E-state index < -0.39 is 0 Å². The Morgan fingerprint density at radius 1 is 1.58 bits per heavy atom. The van der Waals surface area contributed by atoms with Gasteiger partial charge in [-0.25, -0.2) is 0 Å². The molecule has 1 nitrogen and oxygen atoms in total. The van der Waals surface area contributed by atoms with E-state index in [0.29, 0.717) is 0 Å². The molecule has 0 N–H and O–H groups in total. The number of ketones is 1. The summed E-state index contributed by atoms with van der Waals surface area (Å²) in [5.74, 6) is 0.0455. The number of aryl methyl sites for hydroxylation is 1. The molecule has 1 aromatic carbocycles. The van der Waals surface area contributed by atoms with Crippen LogP contribution >= 0.6 is 34.2 Å². The van der Waals surface area contributed by atoms with Gasteiger partial charge in [0.1, 0.15) is 0 Å². The van der Waals surface area contributed by atoms with Crippen molar-refractivity contribution in [2.75, 3.05) is 5.88 Å². The predicted molar refractivity (Wildman–Crippen MR) is 58.9 cm³/mol. The molecule has 0 fully saturated rings. The van der Waals surface area contributed by atoms with Gasteiger partial charge in [-0.1, -0.05) is 18.2 Å². The largest absolute Gasteiger partial charge is 0.293 e. The lowest BCUT2D eigenvalue weighted by molar-refractivity contribution is 0.102. The third-order valence-corrected chi connectivity index (χ3v) is 3.29. The molecule has 0 heterocycles. The fourth-order valence-corrected chi connectivity index (χ4v) is 1.74. The van der Waals surface area contributed by atoms with Gasteiger partial charge in [0.15, 0.2) is 5.78 Å². The maximum atomic E-state index is 11.2. The van der Waals surface area contributed by atoms with Crippen LogP contribution < -0.4 is 0 Å². The Bertz CT molecular complexity index is 309.